The van der Waals surface area contributed by atoms with Crippen molar-refractivity contribution in [1.29, 1.82) is 0 Å². The minimum atomic E-state index is 0.233. The first-order chi connectivity index (χ1) is 7.70. The van der Waals surface area contributed by atoms with Gasteiger partial charge in [0.1, 0.15) is 0 Å². The maximum atomic E-state index is 12.5. The predicted octanol–water partition coefficient (Wildman–Crippen LogP) is 1.78. The van der Waals surface area contributed by atoms with Crippen molar-refractivity contribution in [2.24, 2.45) is 5.92 Å². The molecule has 2 heterocycles. The van der Waals surface area contributed by atoms with Gasteiger partial charge in [-0.2, -0.15) is 0 Å². The molecule has 0 aromatic carbocycles. The molecule has 2 aliphatic rings. The highest BCUT2D eigenvalue weighted by Gasteiger charge is 2.33. The van der Waals surface area contributed by atoms with Crippen LogP contribution in [0.2, 0.25) is 0 Å². The molecule has 3 heteroatoms. The van der Waals surface area contributed by atoms with E-state index in [0.29, 0.717) is 18.0 Å². The molecule has 2 rings (SSSR count). The van der Waals surface area contributed by atoms with E-state index in [1.54, 1.807) is 0 Å². The van der Waals surface area contributed by atoms with Crippen molar-refractivity contribution < 1.29 is 4.79 Å². The Morgan fingerprint density at radius 2 is 1.81 bits per heavy atom. The first kappa shape index (κ1) is 11.9. The fraction of sp³-hybridized carbons (Fsp3) is 0.923. The van der Waals surface area contributed by atoms with Crippen molar-refractivity contribution in [3.05, 3.63) is 0 Å². The Morgan fingerprint density at radius 1 is 1.12 bits per heavy atom. The van der Waals surface area contributed by atoms with E-state index in [4.69, 9.17) is 0 Å². The van der Waals surface area contributed by atoms with Crippen molar-refractivity contribution in [2.45, 2.75) is 58.0 Å². The SMILES string of the molecule is C[C@@H]1CCC[C@H](C)N1C(=O)C1CCCNC1. The zero-order valence-electron chi connectivity index (χ0n) is 10.5. The molecule has 2 aliphatic heterocycles. The third-order valence-electron chi connectivity index (χ3n) is 4.09. The number of nitrogens with zero attached hydrogens (tertiary/aromatic N) is 1. The van der Waals surface area contributed by atoms with Crippen LogP contribution in [0.1, 0.15) is 46.0 Å². The maximum Gasteiger partial charge on any atom is 0.227 e. The Bertz CT molecular complexity index is 238. The number of piperidine rings is 2. The second-order valence-electron chi connectivity index (χ2n) is 5.42. The van der Waals surface area contributed by atoms with E-state index in [2.05, 4.69) is 24.1 Å². The van der Waals surface area contributed by atoms with Crippen LogP contribution in [0.5, 0.6) is 0 Å². The highest BCUT2D eigenvalue weighted by Crippen LogP contribution is 2.26. The van der Waals surface area contributed by atoms with Gasteiger partial charge in [-0.05, 0) is 52.5 Å². The number of carbonyl (C=O) groups is 1. The molecule has 2 fully saturated rings. The van der Waals surface area contributed by atoms with Crippen LogP contribution in [0.3, 0.4) is 0 Å². The van der Waals surface area contributed by atoms with Gasteiger partial charge in [-0.3, -0.25) is 4.79 Å². The van der Waals surface area contributed by atoms with Gasteiger partial charge in [-0.15, -0.1) is 0 Å². The molecule has 16 heavy (non-hydrogen) atoms. The highest BCUT2D eigenvalue weighted by atomic mass is 16.2. The summed E-state index contributed by atoms with van der Waals surface area (Å²) >= 11 is 0. The Balaban J connectivity index is 2.00. The number of amides is 1. The van der Waals surface area contributed by atoms with Gasteiger partial charge < -0.3 is 10.2 Å². The average molecular weight is 224 g/mol. The molecule has 0 spiro atoms. The van der Waals surface area contributed by atoms with Crippen LogP contribution in [-0.2, 0) is 4.79 Å². The van der Waals surface area contributed by atoms with Gasteiger partial charge in [-0.1, -0.05) is 0 Å². The lowest BCUT2D eigenvalue weighted by Gasteiger charge is -2.41. The highest BCUT2D eigenvalue weighted by molar-refractivity contribution is 5.80. The lowest BCUT2D eigenvalue weighted by Crippen LogP contribution is -2.52. The topological polar surface area (TPSA) is 32.3 Å². The predicted molar refractivity (Wildman–Crippen MR) is 65.2 cm³/mol. The van der Waals surface area contributed by atoms with Gasteiger partial charge in [0.25, 0.3) is 0 Å². The van der Waals surface area contributed by atoms with Crippen LogP contribution in [0.15, 0.2) is 0 Å². The van der Waals surface area contributed by atoms with Crippen molar-refractivity contribution >= 4 is 5.91 Å². The molecule has 1 unspecified atom stereocenters. The quantitative estimate of drug-likeness (QED) is 0.736. The average Bonchev–Trinajstić information content (AvgIpc) is 2.30. The summed E-state index contributed by atoms with van der Waals surface area (Å²) in [5.74, 6) is 0.628. The van der Waals surface area contributed by atoms with Crippen LogP contribution in [0.25, 0.3) is 0 Å². The summed E-state index contributed by atoms with van der Waals surface area (Å²) in [6.07, 6.45) is 5.84. The summed E-state index contributed by atoms with van der Waals surface area (Å²) in [6.45, 7) is 6.36. The van der Waals surface area contributed by atoms with Crippen LogP contribution < -0.4 is 5.32 Å². The molecule has 1 amide bonds. The van der Waals surface area contributed by atoms with E-state index >= 15 is 0 Å². The van der Waals surface area contributed by atoms with Gasteiger partial charge in [-0.25, -0.2) is 0 Å². The number of hydrogen-bond acceptors (Lipinski definition) is 2. The Morgan fingerprint density at radius 3 is 2.38 bits per heavy atom. The van der Waals surface area contributed by atoms with Crippen molar-refractivity contribution in [1.82, 2.24) is 10.2 Å². The molecule has 1 N–H and O–H groups in total. The van der Waals surface area contributed by atoms with E-state index in [0.717, 1.165) is 25.9 Å². The van der Waals surface area contributed by atoms with Crippen LogP contribution >= 0.6 is 0 Å². The summed E-state index contributed by atoms with van der Waals surface area (Å²) < 4.78 is 0. The normalized spacial score (nSPS) is 36.1. The maximum absolute atomic E-state index is 12.5. The van der Waals surface area contributed by atoms with Gasteiger partial charge in [0.05, 0.1) is 5.92 Å². The van der Waals surface area contributed by atoms with Gasteiger partial charge in [0.15, 0.2) is 0 Å². The molecule has 92 valence electrons. The van der Waals surface area contributed by atoms with Crippen LogP contribution in [-0.4, -0.2) is 36.0 Å². The molecule has 0 radical (unpaired) electrons. The number of rotatable bonds is 1. The number of likely N-dealkylation sites (tertiary alicyclic amines) is 1. The van der Waals surface area contributed by atoms with Crippen molar-refractivity contribution in [3.8, 4) is 0 Å². The Kier molecular flexibility index (Phi) is 3.85. The summed E-state index contributed by atoms with van der Waals surface area (Å²) in [5, 5.41) is 3.34. The molecular weight excluding hydrogens is 200 g/mol. The van der Waals surface area contributed by atoms with Gasteiger partial charge >= 0.3 is 0 Å². The van der Waals surface area contributed by atoms with Crippen molar-refractivity contribution in [3.63, 3.8) is 0 Å². The molecule has 0 aromatic rings. The van der Waals surface area contributed by atoms with Crippen LogP contribution in [0, 0.1) is 5.92 Å². The third-order valence-corrected chi connectivity index (χ3v) is 4.09. The number of carbonyl (C=O) groups excluding carboxylic acids is 1. The second-order valence-corrected chi connectivity index (χ2v) is 5.42. The summed E-state index contributed by atoms with van der Waals surface area (Å²) in [6, 6.07) is 0.886. The van der Waals surface area contributed by atoms with Crippen LogP contribution in [0.4, 0.5) is 0 Å². The number of nitrogens with one attached hydrogen (secondary N) is 1. The monoisotopic (exact) mass is 224 g/mol. The first-order valence-corrected chi connectivity index (χ1v) is 6.73. The molecule has 0 bridgehead atoms. The van der Waals surface area contributed by atoms with E-state index < -0.39 is 0 Å². The fourth-order valence-corrected chi connectivity index (χ4v) is 3.13. The summed E-state index contributed by atoms with van der Waals surface area (Å²) in [7, 11) is 0. The lowest BCUT2D eigenvalue weighted by molar-refractivity contribution is -0.142. The third kappa shape index (κ3) is 2.40. The minimum absolute atomic E-state index is 0.233. The number of hydrogen-bond donors (Lipinski definition) is 1. The molecule has 0 saturated carbocycles. The minimum Gasteiger partial charge on any atom is -0.337 e. The standard InChI is InChI=1S/C13H24N2O/c1-10-5-3-6-11(2)15(10)13(16)12-7-4-8-14-9-12/h10-12,14H,3-9H2,1-2H3/t10-,11+,12?. The van der Waals surface area contributed by atoms with Gasteiger partial charge in [0, 0.05) is 18.6 Å². The largest absolute Gasteiger partial charge is 0.337 e. The Hall–Kier alpha value is -0.570. The van der Waals surface area contributed by atoms with E-state index in [1.165, 1.54) is 19.3 Å². The molecule has 0 aliphatic carbocycles. The fourth-order valence-electron chi connectivity index (χ4n) is 3.13. The molecule has 0 aromatic heterocycles. The second kappa shape index (κ2) is 5.17. The smallest absolute Gasteiger partial charge is 0.227 e. The van der Waals surface area contributed by atoms with Crippen molar-refractivity contribution in [2.75, 3.05) is 13.1 Å². The van der Waals surface area contributed by atoms with E-state index in [-0.39, 0.29) is 5.92 Å². The first-order valence-electron chi connectivity index (χ1n) is 6.73. The molecular formula is C13H24N2O. The zero-order valence-corrected chi connectivity index (χ0v) is 10.5. The molecule has 3 atom stereocenters. The lowest BCUT2D eigenvalue weighted by atomic mass is 9.92. The molecule has 2 saturated heterocycles. The Labute approximate surface area is 98.6 Å². The van der Waals surface area contributed by atoms with E-state index in [9.17, 15) is 4.79 Å². The summed E-state index contributed by atoms with van der Waals surface area (Å²) in [4.78, 5) is 14.6. The summed E-state index contributed by atoms with van der Waals surface area (Å²) in [5.41, 5.74) is 0. The molecule has 3 nitrogen and oxygen atoms in total. The zero-order chi connectivity index (χ0) is 11.5. The van der Waals surface area contributed by atoms with Gasteiger partial charge in [0.2, 0.25) is 5.91 Å². The van der Waals surface area contributed by atoms with E-state index in [1.807, 2.05) is 0 Å².